The van der Waals surface area contributed by atoms with Gasteiger partial charge in [-0.05, 0) is 31.5 Å². The minimum atomic E-state index is 0.131. The van der Waals surface area contributed by atoms with Crippen LogP contribution < -0.4 is 11.1 Å². The lowest BCUT2D eigenvalue weighted by Gasteiger charge is -2.15. The second kappa shape index (κ2) is 5.23. The van der Waals surface area contributed by atoms with E-state index in [0.29, 0.717) is 17.7 Å². The van der Waals surface area contributed by atoms with Crippen molar-refractivity contribution in [2.24, 2.45) is 0 Å². The SMILES string of the molecule is CC(CCO)Nc1cc(C#N)ccc1N. The molecule has 0 bridgehead atoms. The second-order valence-electron chi connectivity index (χ2n) is 3.47. The fourth-order valence-corrected chi connectivity index (χ4v) is 1.28. The van der Waals surface area contributed by atoms with Gasteiger partial charge in [0.1, 0.15) is 0 Å². The van der Waals surface area contributed by atoms with Gasteiger partial charge in [-0.2, -0.15) is 5.26 Å². The quantitative estimate of drug-likeness (QED) is 0.647. The maximum Gasteiger partial charge on any atom is 0.0992 e. The Labute approximate surface area is 89.3 Å². The Balaban J connectivity index is 2.80. The topological polar surface area (TPSA) is 82.1 Å². The molecule has 15 heavy (non-hydrogen) atoms. The molecule has 0 saturated carbocycles. The minimum Gasteiger partial charge on any atom is -0.397 e. The van der Waals surface area contributed by atoms with E-state index >= 15 is 0 Å². The lowest BCUT2D eigenvalue weighted by Crippen LogP contribution is -2.17. The fourth-order valence-electron chi connectivity index (χ4n) is 1.28. The first kappa shape index (κ1) is 11.3. The molecule has 0 fully saturated rings. The number of nitrogens with two attached hydrogens (primary N) is 1. The maximum absolute atomic E-state index is 8.76. The van der Waals surface area contributed by atoms with Crippen LogP contribution in [0.25, 0.3) is 0 Å². The molecule has 0 aromatic heterocycles. The monoisotopic (exact) mass is 205 g/mol. The molecule has 0 spiro atoms. The van der Waals surface area contributed by atoms with E-state index in [0.717, 1.165) is 5.69 Å². The summed E-state index contributed by atoms with van der Waals surface area (Å²) in [5, 5.41) is 20.6. The van der Waals surface area contributed by atoms with Crippen LogP contribution in [0.3, 0.4) is 0 Å². The molecule has 0 aliphatic carbocycles. The molecular formula is C11H15N3O. The predicted octanol–water partition coefficient (Wildman–Crippen LogP) is 1.32. The number of anilines is 2. The first-order valence-corrected chi connectivity index (χ1v) is 4.84. The first-order chi connectivity index (χ1) is 7.17. The van der Waals surface area contributed by atoms with Crippen LogP contribution in [0.5, 0.6) is 0 Å². The molecule has 1 rings (SSSR count). The summed E-state index contributed by atoms with van der Waals surface area (Å²) in [5.74, 6) is 0. The number of aliphatic hydroxyl groups is 1. The van der Waals surface area contributed by atoms with Crippen molar-refractivity contribution in [1.29, 1.82) is 5.26 Å². The van der Waals surface area contributed by atoms with E-state index in [1.54, 1.807) is 18.2 Å². The van der Waals surface area contributed by atoms with Gasteiger partial charge in [-0.25, -0.2) is 0 Å². The standard InChI is InChI=1S/C11H15N3O/c1-8(4-5-15)14-11-6-9(7-12)2-3-10(11)13/h2-3,6,8,14-15H,4-5,13H2,1H3. The van der Waals surface area contributed by atoms with Gasteiger partial charge >= 0.3 is 0 Å². The summed E-state index contributed by atoms with van der Waals surface area (Å²) in [6, 6.07) is 7.28. The van der Waals surface area contributed by atoms with E-state index < -0.39 is 0 Å². The summed E-state index contributed by atoms with van der Waals surface area (Å²) in [5.41, 5.74) is 7.68. The van der Waals surface area contributed by atoms with Gasteiger partial charge in [0.15, 0.2) is 0 Å². The van der Waals surface area contributed by atoms with Crippen molar-refractivity contribution in [2.45, 2.75) is 19.4 Å². The summed E-state index contributed by atoms with van der Waals surface area (Å²) in [6.07, 6.45) is 0.649. The number of hydrogen-bond acceptors (Lipinski definition) is 4. The molecule has 1 aromatic rings. The number of rotatable bonds is 4. The highest BCUT2D eigenvalue weighted by Gasteiger charge is 2.05. The van der Waals surface area contributed by atoms with Crippen LogP contribution in [0.15, 0.2) is 18.2 Å². The molecule has 80 valence electrons. The van der Waals surface area contributed by atoms with Gasteiger partial charge in [-0.15, -0.1) is 0 Å². The van der Waals surface area contributed by atoms with E-state index in [1.807, 2.05) is 6.92 Å². The normalized spacial score (nSPS) is 11.8. The van der Waals surface area contributed by atoms with Crippen molar-refractivity contribution in [3.05, 3.63) is 23.8 Å². The Morgan fingerprint density at radius 2 is 2.33 bits per heavy atom. The average molecular weight is 205 g/mol. The molecule has 1 atom stereocenters. The van der Waals surface area contributed by atoms with Crippen molar-refractivity contribution in [1.82, 2.24) is 0 Å². The molecule has 1 aromatic carbocycles. The van der Waals surface area contributed by atoms with Crippen LogP contribution in [0, 0.1) is 11.3 Å². The molecule has 0 aliphatic rings. The smallest absolute Gasteiger partial charge is 0.0992 e. The Morgan fingerprint density at radius 3 is 2.93 bits per heavy atom. The van der Waals surface area contributed by atoms with Crippen molar-refractivity contribution in [3.8, 4) is 6.07 Å². The van der Waals surface area contributed by atoms with Gasteiger partial charge in [-0.1, -0.05) is 0 Å². The molecule has 4 nitrogen and oxygen atoms in total. The van der Waals surface area contributed by atoms with Gasteiger partial charge in [0.25, 0.3) is 0 Å². The van der Waals surface area contributed by atoms with Crippen LogP contribution in [-0.4, -0.2) is 17.8 Å². The third-order valence-electron chi connectivity index (χ3n) is 2.15. The molecule has 1 unspecified atom stereocenters. The Hall–Kier alpha value is -1.73. The van der Waals surface area contributed by atoms with Crippen LogP contribution in [-0.2, 0) is 0 Å². The number of nitrogens with one attached hydrogen (secondary N) is 1. The summed E-state index contributed by atoms with van der Waals surface area (Å²) in [6.45, 7) is 2.08. The zero-order valence-corrected chi connectivity index (χ0v) is 8.70. The predicted molar refractivity (Wildman–Crippen MR) is 60.4 cm³/mol. The fraction of sp³-hybridized carbons (Fsp3) is 0.364. The molecule has 4 heteroatoms. The van der Waals surface area contributed by atoms with Gasteiger partial charge < -0.3 is 16.2 Å². The van der Waals surface area contributed by atoms with Gasteiger partial charge in [0.2, 0.25) is 0 Å². The molecule has 0 heterocycles. The van der Waals surface area contributed by atoms with Crippen molar-refractivity contribution >= 4 is 11.4 Å². The number of aliphatic hydroxyl groups excluding tert-OH is 1. The molecule has 0 saturated heterocycles. The highest BCUT2D eigenvalue weighted by atomic mass is 16.3. The van der Waals surface area contributed by atoms with Gasteiger partial charge in [0, 0.05) is 12.6 Å². The van der Waals surface area contributed by atoms with Crippen LogP contribution in [0.2, 0.25) is 0 Å². The first-order valence-electron chi connectivity index (χ1n) is 4.84. The Morgan fingerprint density at radius 1 is 1.60 bits per heavy atom. The van der Waals surface area contributed by atoms with Gasteiger partial charge in [-0.3, -0.25) is 0 Å². The van der Waals surface area contributed by atoms with E-state index in [4.69, 9.17) is 16.1 Å². The molecule has 0 aliphatic heterocycles. The lowest BCUT2D eigenvalue weighted by molar-refractivity contribution is 0.282. The zero-order chi connectivity index (χ0) is 11.3. The summed E-state index contributed by atoms with van der Waals surface area (Å²) in [7, 11) is 0. The highest BCUT2D eigenvalue weighted by Crippen LogP contribution is 2.20. The third kappa shape index (κ3) is 3.15. The largest absolute Gasteiger partial charge is 0.397 e. The maximum atomic E-state index is 8.76. The highest BCUT2D eigenvalue weighted by molar-refractivity contribution is 5.68. The van der Waals surface area contributed by atoms with Crippen molar-refractivity contribution in [3.63, 3.8) is 0 Å². The van der Waals surface area contributed by atoms with E-state index in [-0.39, 0.29) is 12.6 Å². The lowest BCUT2D eigenvalue weighted by atomic mass is 10.1. The minimum absolute atomic E-state index is 0.131. The number of nitriles is 1. The number of nitrogens with zero attached hydrogens (tertiary/aromatic N) is 1. The Kier molecular flexibility index (Phi) is 3.95. The summed E-state index contributed by atoms with van der Waals surface area (Å²) < 4.78 is 0. The van der Waals surface area contributed by atoms with E-state index in [2.05, 4.69) is 11.4 Å². The number of benzene rings is 1. The number of nitrogen functional groups attached to an aromatic ring is 1. The van der Waals surface area contributed by atoms with E-state index in [1.165, 1.54) is 0 Å². The zero-order valence-electron chi connectivity index (χ0n) is 8.70. The van der Waals surface area contributed by atoms with Crippen LogP contribution >= 0.6 is 0 Å². The van der Waals surface area contributed by atoms with Gasteiger partial charge in [0.05, 0.1) is 23.0 Å². The molecule has 4 N–H and O–H groups in total. The molecular weight excluding hydrogens is 190 g/mol. The second-order valence-corrected chi connectivity index (χ2v) is 3.47. The van der Waals surface area contributed by atoms with Crippen molar-refractivity contribution in [2.75, 3.05) is 17.7 Å². The third-order valence-corrected chi connectivity index (χ3v) is 2.15. The molecule has 0 radical (unpaired) electrons. The van der Waals surface area contributed by atoms with E-state index in [9.17, 15) is 0 Å². The molecule has 0 amide bonds. The van der Waals surface area contributed by atoms with Crippen molar-refractivity contribution < 1.29 is 5.11 Å². The van der Waals surface area contributed by atoms with Crippen LogP contribution in [0.1, 0.15) is 18.9 Å². The summed E-state index contributed by atoms with van der Waals surface area (Å²) >= 11 is 0. The van der Waals surface area contributed by atoms with Crippen LogP contribution in [0.4, 0.5) is 11.4 Å². The summed E-state index contributed by atoms with van der Waals surface area (Å²) in [4.78, 5) is 0. The Bertz CT molecular complexity index is 371. The number of hydrogen-bond donors (Lipinski definition) is 3. The average Bonchev–Trinajstić information content (AvgIpc) is 2.21.